The third-order valence-electron chi connectivity index (χ3n) is 2.84. The van der Waals surface area contributed by atoms with Gasteiger partial charge in [-0.05, 0) is 32.1 Å². The first-order chi connectivity index (χ1) is 8.22. The van der Waals surface area contributed by atoms with Gasteiger partial charge in [0.2, 0.25) is 0 Å². The minimum atomic E-state index is 0. The maximum Gasteiger partial charge on any atom is 0.191 e. The molecule has 4 nitrogen and oxygen atoms in total. The second-order valence-electron chi connectivity index (χ2n) is 4.96. The summed E-state index contributed by atoms with van der Waals surface area (Å²) in [6, 6.07) is 0. The first kappa shape index (κ1) is 18.0. The molecule has 1 aliphatic heterocycles. The van der Waals surface area contributed by atoms with Gasteiger partial charge >= 0.3 is 0 Å². The second kappa shape index (κ2) is 10.8. The maximum atomic E-state index is 5.56. The van der Waals surface area contributed by atoms with E-state index in [4.69, 9.17) is 4.74 Å². The van der Waals surface area contributed by atoms with Crippen molar-refractivity contribution in [2.24, 2.45) is 10.9 Å². The molecule has 108 valence electrons. The molecule has 1 atom stereocenters. The Morgan fingerprint density at radius 2 is 2.17 bits per heavy atom. The van der Waals surface area contributed by atoms with Gasteiger partial charge in [-0.15, -0.1) is 24.0 Å². The molecular weight excluding hydrogens is 341 g/mol. The maximum absolute atomic E-state index is 5.56. The first-order valence-electron chi connectivity index (χ1n) is 6.86. The average molecular weight is 369 g/mol. The fourth-order valence-electron chi connectivity index (χ4n) is 1.80. The van der Waals surface area contributed by atoms with Crippen molar-refractivity contribution in [2.45, 2.75) is 46.1 Å². The summed E-state index contributed by atoms with van der Waals surface area (Å²) in [5.74, 6) is 1.65. The lowest BCUT2D eigenvalue weighted by molar-refractivity contribution is 0.117. The zero-order valence-electron chi connectivity index (χ0n) is 11.9. The summed E-state index contributed by atoms with van der Waals surface area (Å²) in [6.45, 7) is 10.1. The number of nitrogens with zero attached hydrogens (tertiary/aromatic N) is 1. The van der Waals surface area contributed by atoms with E-state index < -0.39 is 0 Å². The van der Waals surface area contributed by atoms with E-state index in [1.54, 1.807) is 0 Å². The van der Waals surface area contributed by atoms with Crippen LogP contribution >= 0.6 is 24.0 Å². The minimum absolute atomic E-state index is 0. The third-order valence-corrected chi connectivity index (χ3v) is 2.84. The Kier molecular flexibility index (Phi) is 10.8. The van der Waals surface area contributed by atoms with Crippen molar-refractivity contribution in [3.8, 4) is 0 Å². The van der Waals surface area contributed by atoms with Gasteiger partial charge in [0.25, 0.3) is 0 Å². The van der Waals surface area contributed by atoms with E-state index in [1.807, 2.05) is 0 Å². The quantitative estimate of drug-likeness (QED) is 0.429. The lowest BCUT2D eigenvalue weighted by Gasteiger charge is -2.13. The van der Waals surface area contributed by atoms with Crippen LogP contribution in [0.2, 0.25) is 0 Å². The number of nitrogens with one attached hydrogen (secondary N) is 2. The molecule has 1 saturated heterocycles. The molecule has 0 aromatic heterocycles. The topological polar surface area (TPSA) is 45.7 Å². The molecule has 0 spiro atoms. The Balaban J connectivity index is 0.00000289. The molecule has 0 aliphatic carbocycles. The minimum Gasteiger partial charge on any atom is -0.376 e. The van der Waals surface area contributed by atoms with Gasteiger partial charge in [0, 0.05) is 19.7 Å². The highest BCUT2D eigenvalue weighted by Gasteiger charge is 2.14. The van der Waals surface area contributed by atoms with Gasteiger partial charge < -0.3 is 15.4 Å². The summed E-state index contributed by atoms with van der Waals surface area (Å²) in [5, 5.41) is 6.62. The molecule has 1 rings (SSSR count). The van der Waals surface area contributed by atoms with E-state index in [0.717, 1.165) is 44.5 Å². The number of rotatable bonds is 6. The molecule has 1 aliphatic rings. The van der Waals surface area contributed by atoms with Crippen LogP contribution in [0.4, 0.5) is 0 Å². The molecule has 18 heavy (non-hydrogen) atoms. The normalized spacial score (nSPS) is 19.8. The standard InChI is InChI=1S/C13H27N3O.HI/c1-4-14-13(15-8-7-11(2)3)16-10-12-6-5-9-17-12;/h11-12H,4-10H2,1-3H3,(H2,14,15,16);1H. The predicted octanol–water partition coefficient (Wildman–Crippen LogP) is 2.38. The summed E-state index contributed by atoms with van der Waals surface area (Å²) < 4.78 is 5.56. The van der Waals surface area contributed by atoms with E-state index in [9.17, 15) is 0 Å². The van der Waals surface area contributed by atoms with Gasteiger partial charge in [-0.2, -0.15) is 0 Å². The SMILES string of the molecule is CCNC(=NCC1CCCO1)NCCC(C)C.I. The summed E-state index contributed by atoms with van der Waals surface area (Å²) in [5.41, 5.74) is 0. The van der Waals surface area contributed by atoms with E-state index in [2.05, 4.69) is 36.4 Å². The number of hydrogen-bond acceptors (Lipinski definition) is 2. The zero-order chi connectivity index (χ0) is 12.5. The Labute approximate surface area is 128 Å². The van der Waals surface area contributed by atoms with Crippen LogP contribution in [0, 0.1) is 5.92 Å². The largest absolute Gasteiger partial charge is 0.376 e. The molecule has 5 heteroatoms. The molecule has 1 fully saturated rings. The van der Waals surface area contributed by atoms with Crippen LogP contribution in [-0.2, 0) is 4.74 Å². The van der Waals surface area contributed by atoms with Crippen LogP contribution in [0.25, 0.3) is 0 Å². The Hall–Kier alpha value is -0.0400. The van der Waals surface area contributed by atoms with E-state index in [1.165, 1.54) is 12.8 Å². The first-order valence-corrected chi connectivity index (χ1v) is 6.86. The van der Waals surface area contributed by atoms with Crippen LogP contribution in [0.5, 0.6) is 0 Å². The summed E-state index contributed by atoms with van der Waals surface area (Å²) in [7, 11) is 0. The molecule has 0 aromatic carbocycles. The molecule has 0 bridgehead atoms. The van der Waals surface area contributed by atoms with Crippen LogP contribution in [0.1, 0.15) is 40.0 Å². The van der Waals surface area contributed by atoms with Crippen molar-refractivity contribution in [1.82, 2.24) is 10.6 Å². The van der Waals surface area contributed by atoms with Gasteiger partial charge in [0.05, 0.1) is 12.6 Å². The van der Waals surface area contributed by atoms with Crippen LogP contribution in [0.3, 0.4) is 0 Å². The molecule has 1 unspecified atom stereocenters. The molecule has 0 saturated carbocycles. The molecule has 1 heterocycles. The Morgan fingerprint density at radius 3 is 2.72 bits per heavy atom. The monoisotopic (exact) mass is 369 g/mol. The van der Waals surface area contributed by atoms with Gasteiger partial charge in [0.1, 0.15) is 0 Å². The molecule has 0 aromatic rings. The lowest BCUT2D eigenvalue weighted by atomic mass is 10.1. The fraction of sp³-hybridized carbons (Fsp3) is 0.923. The number of aliphatic imine (C=N–C) groups is 1. The molecular formula is C13H28IN3O. The van der Waals surface area contributed by atoms with Crippen LogP contribution < -0.4 is 10.6 Å². The summed E-state index contributed by atoms with van der Waals surface area (Å²) >= 11 is 0. The number of guanidine groups is 1. The van der Waals surface area contributed by atoms with Crippen LogP contribution in [0.15, 0.2) is 4.99 Å². The fourth-order valence-corrected chi connectivity index (χ4v) is 1.80. The van der Waals surface area contributed by atoms with Crippen molar-refractivity contribution < 1.29 is 4.74 Å². The predicted molar refractivity (Wildman–Crippen MR) is 87.8 cm³/mol. The van der Waals surface area contributed by atoms with Gasteiger partial charge in [0.15, 0.2) is 5.96 Å². The summed E-state index contributed by atoms with van der Waals surface area (Å²) in [4.78, 5) is 4.56. The second-order valence-corrected chi connectivity index (χ2v) is 4.96. The average Bonchev–Trinajstić information content (AvgIpc) is 2.78. The van der Waals surface area contributed by atoms with Gasteiger partial charge in [-0.3, -0.25) is 4.99 Å². The lowest BCUT2D eigenvalue weighted by Crippen LogP contribution is -2.38. The van der Waals surface area contributed by atoms with Crippen molar-refractivity contribution >= 4 is 29.9 Å². The van der Waals surface area contributed by atoms with E-state index >= 15 is 0 Å². The summed E-state index contributed by atoms with van der Waals surface area (Å²) in [6.07, 6.45) is 3.83. The van der Waals surface area contributed by atoms with Crippen molar-refractivity contribution in [2.75, 3.05) is 26.2 Å². The van der Waals surface area contributed by atoms with Gasteiger partial charge in [-0.1, -0.05) is 13.8 Å². The van der Waals surface area contributed by atoms with Crippen LogP contribution in [-0.4, -0.2) is 38.3 Å². The number of halogens is 1. The molecule has 0 amide bonds. The zero-order valence-corrected chi connectivity index (χ0v) is 14.2. The third kappa shape index (κ3) is 8.13. The highest BCUT2D eigenvalue weighted by atomic mass is 127. The molecule has 0 radical (unpaired) electrons. The molecule has 2 N–H and O–H groups in total. The van der Waals surface area contributed by atoms with E-state index in [-0.39, 0.29) is 24.0 Å². The Morgan fingerprint density at radius 1 is 1.39 bits per heavy atom. The highest BCUT2D eigenvalue weighted by Crippen LogP contribution is 2.11. The Bertz CT molecular complexity index is 228. The van der Waals surface area contributed by atoms with Crippen molar-refractivity contribution in [1.29, 1.82) is 0 Å². The van der Waals surface area contributed by atoms with Gasteiger partial charge in [-0.25, -0.2) is 0 Å². The van der Waals surface area contributed by atoms with Crippen molar-refractivity contribution in [3.05, 3.63) is 0 Å². The smallest absolute Gasteiger partial charge is 0.191 e. The van der Waals surface area contributed by atoms with Crippen molar-refractivity contribution in [3.63, 3.8) is 0 Å². The number of ether oxygens (including phenoxy) is 1. The number of hydrogen-bond donors (Lipinski definition) is 2. The van der Waals surface area contributed by atoms with E-state index in [0.29, 0.717) is 6.10 Å². The highest BCUT2D eigenvalue weighted by molar-refractivity contribution is 14.0.